The maximum atomic E-state index is 5.63. The number of aromatic nitrogens is 2. The molecular formula is C11H22N4OS. The molecule has 0 aliphatic rings. The number of rotatable bonds is 8. The fourth-order valence-electron chi connectivity index (χ4n) is 1.72. The molecule has 0 amide bonds. The molecule has 0 radical (unpaired) electrons. The Hall–Kier alpha value is -0.720. The molecule has 6 heteroatoms. The highest BCUT2D eigenvalue weighted by molar-refractivity contribution is 7.99. The molecule has 0 spiro atoms. The molecule has 1 aromatic heterocycles. The highest BCUT2D eigenvalue weighted by atomic mass is 32.2. The predicted octanol–water partition coefficient (Wildman–Crippen LogP) is 1.56. The summed E-state index contributed by atoms with van der Waals surface area (Å²) in [6, 6.07) is 0.0731. The van der Waals surface area contributed by atoms with Gasteiger partial charge in [-0.25, -0.2) is 0 Å². The van der Waals surface area contributed by atoms with Crippen LogP contribution in [0.4, 0.5) is 0 Å². The molecule has 3 N–H and O–H groups in total. The second-order valence-electron chi connectivity index (χ2n) is 3.70. The molecule has 0 bridgehead atoms. The van der Waals surface area contributed by atoms with Gasteiger partial charge in [0.25, 0.3) is 0 Å². The summed E-state index contributed by atoms with van der Waals surface area (Å²) in [6.45, 7) is 5.15. The van der Waals surface area contributed by atoms with E-state index >= 15 is 0 Å². The zero-order valence-corrected chi connectivity index (χ0v) is 11.6. The molecule has 0 aromatic carbocycles. The van der Waals surface area contributed by atoms with Crippen LogP contribution in [0.25, 0.3) is 0 Å². The zero-order valence-electron chi connectivity index (χ0n) is 10.8. The van der Waals surface area contributed by atoms with Crippen molar-refractivity contribution in [1.82, 2.24) is 15.2 Å². The standard InChI is InChI=1S/C11H22N4OS/c1-4-6-15-11(10(16-3)7-13-15)9(14-12)8-17-5-2/h7,9,14H,4-6,8,12H2,1-3H3. The van der Waals surface area contributed by atoms with Gasteiger partial charge in [-0.15, -0.1) is 0 Å². The molecule has 1 rings (SSSR count). The van der Waals surface area contributed by atoms with Crippen molar-refractivity contribution >= 4 is 11.8 Å². The highest BCUT2D eigenvalue weighted by Gasteiger charge is 2.20. The maximum absolute atomic E-state index is 5.63. The Morgan fingerprint density at radius 3 is 2.88 bits per heavy atom. The predicted molar refractivity (Wildman–Crippen MR) is 72.1 cm³/mol. The number of methoxy groups -OCH3 is 1. The zero-order chi connectivity index (χ0) is 12.7. The molecule has 17 heavy (non-hydrogen) atoms. The first-order chi connectivity index (χ1) is 8.28. The quantitative estimate of drug-likeness (QED) is 0.547. The van der Waals surface area contributed by atoms with E-state index in [2.05, 4.69) is 24.4 Å². The van der Waals surface area contributed by atoms with Gasteiger partial charge in [-0.3, -0.25) is 16.0 Å². The van der Waals surface area contributed by atoms with E-state index in [1.165, 1.54) is 0 Å². The van der Waals surface area contributed by atoms with E-state index in [1.54, 1.807) is 13.3 Å². The van der Waals surface area contributed by atoms with E-state index in [-0.39, 0.29) is 6.04 Å². The summed E-state index contributed by atoms with van der Waals surface area (Å²) in [6.07, 6.45) is 2.79. The van der Waals surface area contributed by atoms with Gasteiger partial charge >= 0.3 is 0 Å². The summed E-state index contributed by atoms with van der Waals surface area (Å²) in [5.41, 5.74) is 3.89. The molecule has 0 aliphatic heterocycles. The van der Waals surface area contributed by atoms with Crippen molar-refractivity contribution < 1.29 is 4.74 Å². The second kappa shape index (κ2) is 7.58. The molecule has 1 atom stereocenters. The Balaban J connectivity index is 2.92. The van der Waals surface area contributed by atoms with Gasteiger partial charge in [-0.1, -0.05) is 13.8 Å². The summed E-state index contributed by atoms with van der Waals surface area (Å²) in [7, 11) is 1.66. The molecule has 1 aromatic rings. The molecule has 98 valence electrons. The van der Waals surface area contributed by atoms with E-state index < -0.39 is 0 Å². The number of hydrogen-bond acceptors (Lipinski definition) is 5. The lowest BCUT2D eigenvalue weighted by Crippen LogP contribution is -2.32. The molecular weight excluding hydrogens is 236 g/mol. The van der Waals surface area contributed by atoms with Crippen LogP contribution in [0.3, 0.4) is 0 Å². The molecule has 5 nitrogen and oxygen atoms in total. The van der Waals surface area contributed by atoms with Gasteiger partial charge < -0.3 is 4.74 Å². The topological polar surface area (TPSA) is 65.1 Å². The number of hydrazine groups is 1. The summed E-state index contributed by atoms with van der Waals surface area (Å²) in [5, 5.41) is 4.34. The lowest BCUT2D eigenvalue weighted by Gasteiger charge is -2.18. The summed E-state index contributed by atoms with van der Waals surface area (Å²) >= 11 is 1.85. The van der Waals surface area contributed by atoms with Crippen molar-refractivity contribution in [2.45, 2.75) is 32.9 Å². The first kappa shape index (κ1) is 14.3. The third-order valence-corrected chi connectivity index (χ3v) is 3.50. The van der Waals surface area contributed by atoms with Gasteiger partial charge in [0.15, 0.2) is 5.75 Å². The van der Waals surface area contributed by atoms with Crippen LogP contribution in [0.5, 0.6) is 5.75 Å². The Morgan fingerprint density at radius 1 is 1.59 bits per heavy atom. The number of hydrogen-bond donors (Lipinski definition) is 2. The molecule has 0 saturated carbocycles. The van der Waals surface area contributed by atoms with Crippen LogP contribution in [0, 0.1) is 0 Å². The SMILES string of the molecule is CCCn1ncc(OC)c1C(CSCC)NN. The number of nitrogens with one attached hydrogen (secondary N) is 1. The monoisotopic (exact) mass is 258 g/mol. The lowest BCUT2D eigenvalue weighted by molar-refractivity contribution is 0.396. The Kier molecular flexibility index (Phi) is 6.39. The van der Waals surface area contributed by atoms with Gasteiger partial charge in [0, 0.05) is 12.3 Å². The number of aryl methyl sites for hydroxylation is 1. The van der Waals surface area contributed by atoms with Gasteiger partial charge in [0.2, 0.25) is 0 Å². The maximum Gasteiger partial charge on any atom is 0.161 e. The number of ether oxygens (including phenoxy) is 1. The first-order valence-corrected chi connectivity index (χ1v) is 7.07. The molecule has 1 unspecified atom stereocenters. The van der Waals surface area contributed by atoms with Crippen molar-refractivity contribution in [2.24, 2.45) is 5.84 Å². The van der Waals surface area contributed by atoms with E-state index in [0.29, 0.717) is 0 Å². The van der Waals surface area contributed by atoms with Crippen molar-refractivity contribution in [3.8, 4) is 5.75 Å². The van der Waals surface area contributed by atoms with Gasteiger partial charge in [-0.2, -0.15) is 16.9 Å². The van der Waals surface area contributed by atoms with Crippen molar-refractivity contribution in [3.63, 3.8) is 0 Å². The summed E-state index contributed by atoms with van der Waals surface area (Å²) < 4.78 is 7.32. The van der Waals surface area contributed by atoms with Crippen molar-refractivity contribution in [1.29, 1.82) is 0 Å². The smallest absolute Gasteiger partial charge is 0.161 e. The Bertz CT molecular complexity index is 329. The largest absolute Gasteiger partial charge is 0.493 e. The Labute approximate surface area is 107 Å². The molecule has 0 saturated heterocycles. The van der Waals surface area contributed by atoms with Gasteiger partial charge in [-0.05, 0) is 12.2 Å². The Morgan fingerprint density at radius 2 is 2.35 bits per heavy atom. The van der Waals surface area contributed by atoms with E-state index in [0.717, 1.165) is 35.9 Å². The van der Waals surface area contributed by atoms with E-state index in [1.807, 2.05) is 16.4 Å². The van der Waals surface area contributed by atoms with Crippen LogP contribution in [-0.2, 0) is 6.54 Å². The minimum atomic E-state index is 0.0731. The minimum absolute atomic E-state index is 0.0731. The van der Waals surface area contributed by atoms with E-state index in [4.69, 9.17) is 10.6 Å². The number of nitrogens with zero attached hydrogens (tertiary/aromatic N) is 2. The van der Waals surface area contributed by atoms with Crippen LogP contribution in [-0.4, -0.2) is 28.4 Å². The minimum Gasteiger partial charge on any atom is -0.493 e. The summed E-state index contributed by atoms with van der Waals surface area (Å²) in [4.78, 5) is 0. The average molecular weight is 258 g/mol. The summed E-state index contributed by atoms with van der Waals surface area (Å²) in [5.74, 6) is 8.42. The first-order valence-electron chi connectivity index (χ1n) is 5.91. The molecule has 0 fully saturated rings. The third-order valence-electron chi connectivity index (χ3n) is 2.52. The van der Waals surface area contributed by atoms with Crippen LogP contribution < -0.4 is 16.0 Å². The van der Waals surface area contributed by atoms with Crippen LogP contribution in [0.1, 0.15) is 32.0 Å². The fraction of sp³-hybridized carbons (Fsp3) is 0.727. The molecule has 1 heterocycles. The third kappa shape index (κ3) is 3.62. The highest BCUT2D eigenvalue weighted by Crippen LogP contribution is 2.27. The lowest BCUT2D eigenvalue weighted by atomic mass is 10.2. The fourth-order valence-corrected chi connectivity index (χ4v) is 2.44. The number of thioether (sulfide) groups is 1. The van der Waals surface area contributed by atoms with Crippen LogP contribution >= 0.6 is 11.8 Å². The van der Waals surface area contributed by atoms with Crippen LogP contribution in [0.15, 0.2) is 6.20 Å². The number of nitrogens with two attached hydrogens (primary N) is 1. The van der Waals surface area contributed by atoms with E-state index in [9.17, 15) is 0 Å². The van der Waals surface area contributed by atoms with Crippen LogP contribution in [0.2, 0.25) is 0 Å². The van der Waals surface area contributed by atoms with Gasteiger partial charge in [0.1, 0.15) is 0 Å². The normalized spacial score (nSPS) is 12.7. The van der Waals surface area contributed by atoms with Crippen molar-refractivity contribution in [2.75, 3.05) is 18.6 Å². The second-order valence-corrected chi connectivity index (χ2v) is 5.02. The van der Waals surface area contributed by atoms with Gasteiger partial charge in [0.05, 0.1) is 25.0 Å². The van der Waals surface area contributed by atoms with Crippen molar-refractivity contribution in [3.05, 3.63) is 11.9 Å². The average Bonchev–Trinajstić information content (AvgIpc) is 2.74. The molecule has 0 aliphatic carbocycles.